The zero-order valence-corrected chi connectivity index (χ0v) is 27.1. The van der Waals surface area contributed by atoms with E-state index in [1.807, 2.05) is 0 Å². The van der Waals surface area contributed by atoms with E-state index in [1.165, 1.54) is 11.1 Å². The van der Waals surface area contributed by atoms with Crippen molar-refractivity contribution in [1.82, 2.24) is 19.6 Å². The van der Waals surface area contributed by atoms with Gasteiger partial charge in [0.1, 0.15) is 11.6 Å². The molecule has 5 nitrogen and oxygen atoms in total. The summed E-state index contributed by atoms with van der Waals surface area (Å²) in [7, 11) is 0. The maximum atomic E-state index is 5.51. The zero-order valence-electron chi connectivity index (χ0n) is 27.1. The van der Waals surface area contributed by atoms with Crippen molar-refractivity contribution in [3.8, 4) is 33.9 Å². The molecule has 0 saturated carbocycles. The summed E-state index contributed by atoms with van der Waals surface area (Å²) in [4.78, 5) is 2.38. The Hall–Kier alpha value is -6.46. The van der Waals surface area contributed by atoms with Gasteiger partial charge in [-0.05, 0) is 48.9 Å². The summed E-state index contributed by atoms with van der Waals surface area (Å²) >= 11 is 0. The summed E-state index contributed by atoms with van der Waals surface area (Å²) in [6.45, 7) is 2.13. The molecule has 0 N–H and O–H groups in total. The average Bonchev–Trinajstić information content (AvgIpc) is 3.76. The van der Waals surface area contributed by atoms with Crippen LogP contribution in [0.25, 0.3) is 33.9 Å². The number of para-hydroxylation sites is 2. The first-order chi connectivity index (χ1) is 24.3. The van der Waals surface area contributed by atoms with Gasteiger partial charge in [0.25, 0.3) is 0 Å². The summed E-state index contributed by atoms with van der Waals surface area (Å²) in [5, 5.41) is 11.0. The van der Waals surface area contributed by atoms with Crippen LogP contribution in [0, 0.1) is 6.92 Å². The van der Waals surface area contributed by atoms with Gasteiger partial charge in [-0.3, -0.25) is 4.90 Å². The third-order valence-electron chi connectivity index (χ3n) is 9.32. The van der Waals surface area contributed by atoms with Crippen LogP contribution < -0.4 is 4.90 Å². The Bertz CT molecular complexity index is 2230. The Labute approximate surface area is 286 Å². The van der Waals surface area contributed by atoms with E-state index in [4.69, 9.17) is 10.2 Å². The van der Waals surface area contributed by atoms with Crippen molar-refractivity contribution in [2.45, 2.75) is 12.8 Å². The lowest BCUT2D eigenvalue weighted by Crippen LogP contribution is -2.26. The number of hydrogen-bond acceptors (Lipinski definition) is 3. The average molecular weight is 632 g/mol. The Morgan fingerprint density at radius 1 is 0.408 bits per heavy atom. The molecule has 49 heavy (non-hydrogen) atoms. The maximum absolute atomic E-state index is 5.51. The van der Waals surface area contributed by atoms with E-state index < -0.39 is 0 Å². The molecule has 0 saturated heterocycles. The molecule has 0 aliphatic carbocycles. The molecular formula is C44H33N5. The van der Waals surface area contributed by atoms with Crippen molar-refractivity contribution in [3.05, 3.63) is 198 Å². The number of rotatable bonds is 6. The molecule has 0 atom stereocenters. The van der Waals surface area contributed by atoms with Crippen LogP contribution in [0.15, 0.2) is 176 Å². The second-order valence-electron chi connectivity index (χ2n) is 12.4. The summed E-state index contributed by atoms with van der Waals surface area (Å²) in [6, 6.07) is 61.7. The van der Waals surface area contributed by atoms with E-state index in [0.29, 0.717) is 0 Å². The first-order valence-electron chi connectivity index (χ1n) is 16.7. The molecule has 1 aliphatic rings. The van der Waals surface area contributed by atoms with E-state index in [9.17, 15) is 0 Å². The molecule has 0 unspecified atom stereocenters. The summed E-state index contributed by atoms with van der Waals surface area (Å²) < 4.78 is 4.25. The van der Waals surface area contributed by atoms with Crippen molar-refractivity contribution in [2.75, 3.05) is 4.90 Å². The van der Waals surface area contributed by atoms with E-state index >= 15 is 0 Å². The minimum absolute atomic E-state index is 0.173. The van der Waals surface area contributed by atoms with Crippen molar-refractivity contribution >= 4 is 17.3 Å². The molecule has 1 aliphatic heterocycles. The molecule has 9 rings (SSSR count). The highest BCUT2D eigenvalue weighted by atomic mass is 15.5. The first-order valence-corrected chi connectivity index (χ1v) is 16.7. The normalized spacial score (nSPS) is 12.5. The lowest BCUT2D eigenvalue weighted by Gasteiger charge is -2.36. The summed E-state index contributed by atoms with van der Waals surface area (Å²) in [6.07, 6.45) is 0. The number of fused-ring (bicyclic) bond motifs is 2. The second kappa shape index (κ2) is 12.0. The van der Waals surface area contributed by atoms with Gasteiger partial charge in [0.15, 0.2) is 0 Å². The van der Waals surface area contributed by atoms with Gasteiger partial charge in [-0.25, -0.2) is 9.36 Å². The minimum Gasteiger partial charge on any atom is -0.278 e. The Morgan fingerprint density at radius 2 is 0.796 bits per heavy atom. The molecule has 0 spiro atoms. The zero-order chi connectivity index (χ0) is 32.7. The SMILES string of the molecule is Cc1ccc(N2c3c(c(-c4ccccc4)nn3-c3ccccc3)C(c3ccccc3)c3c(-c4ccccc4)nn(-c4ccccc4)c32)cc1. The van der Waals surface area contributed by atoms with Crippen LogP contribution >= 0.6 is 0 Å². The van der Waals surface area contributed by atoms with Gasteiger partial charge < -0.3 is 0 Å². The molecule has 0 radical (unpaired) electrons. The minimum atomic E-state index is -0.173. The second-order valence-corrected chi connectivity index (χ2v) is 12.4. The fraction of sp³-hybridized carbons (Fsp3) is 0.0455. The molecule has 3 heterocycles. The van der Waals surface area contributed by atoms with Crippen LogP contribution in [0.3, 0.4) is 0 Å². The van der Waals surface area contributed by atoms with Crippen molar-refractivity contribution < 1.29 is 0 Å². The fourth-order valence-corrected chi connectivity index (χ4v) is 7.08. The number of benzene rings is 6. The van der Waals surface area contributed by atoms with Gasteiger partial charge in [0.2, 0.25) is 0 Å². The molecule has 6 aromatic carbocycles. The predicted molar refractivity (Wildman–Crippen MR) is 198 cm³/mol. The number of aromatic nitrogens is 4. The van der Waals surface area contributed by atoms with Crippen LogP contribution in [-0.4, -0.2) is 19.6 Å². The Kier molecular flexibility index (Phi) is 7.02. The highest BCUT2D eigenvalue weighted by molar-refractivity contribution is 5.92. The van der Waals surface area contributed by atoms with Crippen LogP contribution in [0.4, 0.5) is 17.3 Å². The van der Waals surface area contributed by atoms with Gasteiger partial charge in [-0.2, -0.15) is 10.2 Å². The Balaban J connectivity index is 1.49. The van der Waals surface area contributed by atoms with Crippen molar-refractivity contribution in [3.63, 3.8) is 0 Å². The third-order valence-corrected chi connectivity index (χ3v) is 9.32. The van der Waals surface area contributed by atoms with Crippen molar-refractivity contribution in [1.29, 1.82) is 0 Å². The monoisotopic (exact) mass is 631 g/mol. The van der Waals surface area contributed by atoms with E-state index in [2.05, 4.69) is 197 Å². The Morgan fingerprint density at radius 3 is 1.22 bits per heavy atom. The van der Waals surface area contributed by atoms with Gasteiger partial charge in [0.05, 0.1) is 22.8 Å². The van der Waals surface area contributed by atoms with E-state index in [0.717, 1.165) is 62.3 Å². The number of hydrogen-bond donors (Lipinski definition) is 0. The summed E-state index contributed by atoms with van der Waals surface area (Å²) in [5.74, 6) is 1.81. The van der Waals surface area contributed by atoms with Crippen LogP contribution in [0.2, 0.25) is 0 Å². The lowest BCUT2D eigenvalue weighted by atomic mass is 9.80. The van der Waals surface area contributed by atoms with Crippen molar-refractivity contribution in [2.24, 2.45) is 0 Å². The number of nitrogens with zero attached hydrogens (tertiary/aromatic N) is 5. The van der Waals surface area contributed by atoms with Crippen LogP contribution in [0.5, 0.6) is 0 Å². The fourth-order valence-electron chi connectivity index (χ4n) is 7.08. The van der Waals surface area contributed by atoms with Crippen LogP contribution in [0.1, 0.15) is 28.2 Å². The molecule has 8 aromatic rings. The first kappa shape index (κ1) is 28.7. The molecule has 5 heteroatoms. The molecule has 2 aromatic heterocycles. The van der Waals surface area contributed by atoms with Gasteiger partial charge >= 0.3 is 0 Å². The molecule has 0 amide bonds. The standard InChI is InChI=1S/C44H33N5/c1-31-27-29-35(30-28-31)47-43-39(41(33-19-9-3-10-20-33)45-48(43)36-23-13-5-14-24-36)38(32-17-7-2-8-18-32)40-42(34-21-11-4-12-22-34)46-49(44(40)47)37-25-15-6-16-26-37/h2-30,38H,1H3. The highest BCUT2D eigenvalue weighted by Gasteiger charge is 2.44. The molecule has 0 bridgehead atoms. The van der Waals surface area contributed by atoms with E-state index in [-0.39, 0.29) is 5.92 Å². The molecule has 234 valence electrons. The lowest BCUT2D eigenvalue weighted by molar-refractivity contribution is 0.826. The smallest absolute Gasteiger partial charge is 0.147 e. The summed E-state index contributed by atoms with van der Waals surface area (Å²) in [5.41, 5.74) is 11.7. The molecule has 0 fully saturated rings. The third kappa shape index (κ3) is 4.86. The topological polar surface area (TPSA) is 38.9 Å². The van der Waals surface area contributed by atoms with Gasteiger partial charge in [-0.15, -0.1) is 0 Å². The van der Waals surface area contributed by atoms with E-state index in [1.54, 1.807) is 0 Å². The number of anilines is 3. The highest BCUT2D eigenvalue weighted by Crippen LogP contribution is 2.57. The molecular weight excluding hydrogens is 599 g/mol. The van der Waals surface area contributed by atoms with Crippen LogP contribution in [-0.2, 0) is 0 Å². The predicted octanol–water partition coefficient (Wildman–Crippen LogP) is 10.7. The largest absolute Gasteiger partial charge is 0.278 e. The maximum Gasteiger partial charge on any atom is 0.147 e. The van der Waals surface area contributed by atoms with Gasteiger partial charge in [0, 0.05) is 33.9 Å². The van der Waals surface area contributed by atoms with Gasteiger partial charge in [-0.1, -0.05) is 145 Å². The quantitative estimate of drug-likeness (QED) is 0.183. The number of aryl methyl sites for hydroxylation is 1.